The van der Waals surface area contributed by atoms with E-state index in [1.54, 1.807) is 12.1 Å². The standard InChI is InChI=1S/C15H15ClNO2PS/c16-13-6-4-9-15(12-13)19-20(21)17(10-5-11-18-20)14-7-2-1-3-8-14/h1-4,6-9,12H,5,10-11H2/t20-/m0/s1. The molecule has 2 aromatic carbocycles. The molecular formula is C15H15ClNO2PS. The molecule has 1 aliphatic rings. The van der Waals surface area contributed by atoms with Crippen LogP contribution >= 0.6 is 18.2 Å². The van der Waals surface area contributed by atoms with Gasteiger partial charge in [0, 0.05) is 17.3 Å². The summed E-state index contributed by atoms with van der Waals surface area (Å²) in [6, 6.07) is 17.3. The van der Waals surface area contributed by atoms with E-state index in [1.165, 1.54) is 0 Å². The van der Waals surface area contributed by atoms with Crippen molar-refractivity contribution in [1.82, 2.24) is 0 Å². The summed E-state index contributed by atoms with van der Waals surface area (Å²) in [7, 11) is 0. The molecular weight excluding hydrogens is 325 g/mol. The van der Waals surface area contributed by atoms with Gasteiger partial charge in [0.2, 0.25) is 0 Å². The highest BCUT2D eigenvalue weighted by molar-refractivity contribution is 8.10. The van der Waals surface area contributed by atoms with Crippen molar-refractivity contribution < 1.29 is 9.05 Å². The summed E-state index contributed by atoms with van der Waals surface area (Å²) in [5.41, 5.74) is 1.03. The Balaban J connectivity index is 1.91. The van der Waals surface area contributed by atoms with Crippen molar-refractivity contribution in [3.63, 3.8) is 0 Å². The fourth-order valence-electron chi connectivity index (χ4n) is 2.19. The molecule has 1 aliphatic heterocycles. The first-order valence-corrected chi connectivity index (χ1v) is 9.67. The Labute approximate surface area is 134 Å². The molecule has 1 heterocycles. The molecule has 2 aromatic rings. The molecule has 0 unspecified atom stereocenters. The number of halogens is 1. The zero-order valence-electron chi connectivity index (χ0n) is 11.3. The van der Waals surface area contributed by atoms with Gasteiger partial charge in [-0.05, 0) is 48.6 Å². The van der Waals surface area contributed by atoms with Crippen LogP contribution < -0.4 is 9.19 Å². The van der Waals surface area contributed by atoms with Crippen LogP contribution in [-0.4, -0.2) is 13.2 Å². The fourth-order valence-corrected chi connectivity index (χ4v) is 5.21. The van der Waals surface area contributed by atoms with Crippen molar-refractivity contribution in [2.45, 2.75) is 6.42 Å². The van der Waals surface area contributed by atoms with E-state index in [9.17, 15) is 0 Å². The van der Waals surface area contributed by atoms with Gasteiger partial charge in [0.05, 0.1) is 6.61 Å². The zero-order chi connectivity index (χ0) is 14.7. The maximum atomic E-state index is 6.04. The largest absolute Gasteiger partial charge is 0.429 e. The van der Waals surface area contributed by atoms with E-state index in [4.69, 9.17) is 32.5 Å². The number of hydrogen-bond acceptors (Lipinski definition) is 3. The molecule has 6 heteroatoms. The lowest BCUT2D eigenvalue weighted by Crippen LogP contribution is -2.30. The molecule has 110 valence electrons. The van der Waals surface area contributed by atoms with Gasteiger partial charge in [-0.1, -0.05) is 35.9 Å². The molecule has 0 radical (unpaired) electrons. The number of hydrogen-bond donors (Lipinski definition) is 0. The summed E-state index contributed by atoms with van der Waals surface area (Å²) >= 11 is 11.7. The van der Waals surface area contributed by atoms with Gasteiger partial charge in [-0.2, -0.15) is 0 Å². The average molecular weight is 340 g/mol. The van der Waals surface area contributed by atoms with E-state index in [0.29, 0.717) is 17.4 Å². The monoisotopic (exact) mass is 339 g/mol. The molecule has 0 N–H and O–H groups in total. The fraction of sp³-hybridized carbons (Fsp3) is 0.200. The van der Waals surface area contributed by atoms with Crippen LogP contribution in [0.1, 0.15) is 6.42 Å². The van der Waals surface area contributed by atoms with Gasteiger partial charge < -0.3 is 9.05 Å². The van der Waals surface area contributed by atoms with Crippen LogP contribution in [0.5, 0.6) is 5.75 Å². The SMILES string of the molecule is S=[P@]1(Oc2cccc(Cl)c2)OCCCN1c1ccccc1. The lowest BCUT2D eigenvalue weighted by molar-refractivity contribution is 0.286. The molecule has 0 amide bonds. The van der Waals surface area contributed by atoms with Crippen LogP contribution in [0.3, 0.4) is 0 Å². The average Bonchev–Trinajstić information content (AvgIpc) is 2.48. The number of rotatable bonds is 3. The molecule has 0 aliphatic carbocycles. The second-order valence-electron chi connectivity index (χ2n) is 4.66. The van der Waals surface area contributed by atoms with Crippen molar-refractivity contribution >= 4 is 35.7 Å². The lowest BCUT2D eigenvalue weighted by atomic mass is 10.3. The quantitative estimate of drug-likeness (QED) is 0.744. The third kappa shape index (κ3) is 3.41. The predicted octanol–water partition coefficient (Wildman–Crippen LogP) is 4.87. The summed E-state index contributed by atoms with van der Waals surface area (Å²) in [5.74, 6) is 0.647. The number of para-hydroxylation sites is 1. The van der Waals surface area contributed by atoms with E-state index < -0.39 is 6.64 Å². The maximum absolute atomic E-state index is 6.04. The maximum Gasteiger partial charge on any atom is 0.342 e. The Bertz CT molecular complexity index is 668. The Morgan fingerprint density at radius 2 is 1.95 bits per heavy atom. The molecule has 0 spiro atoms. The minimum absolute atomic E-state index is 0.623. The van der Waals surface area contributed by atoms with Crippen LogP contribution in [0.25, 0.3) is 0 Å². The molecule has 1 atom stereocenters. The van der Waals surface area contributed by atoms with E-state index in [2.05, 4.69) is 4.67 Å². The van der Waals surface area contributed by atoms with Gasteiger partial charge in [0.15, 0.2) is 0 Å². The van der Waals surface area contributed by atoms with Gasteiger partial charge in [-0.15, -0.1) is 0 Å². The van der Waals surface area contributed by atoms with Crippen molar-refractivity contribution in [2.75, 3.05) is 17.8 Å². The topological polar surface area (TPSA) is 21.7 Å². The second-order valence-corrected chi connectivity index (χ2v) is 8.34. The Hall–Kier alpha value is -1.06. The van der Waals surface area contributed by atoms with Crippen LogP contribution in [-0.2, 0) is 16.3 Å². The summed E-state index contributed by atoms with van der Waals surface area (Å²) in [6.45, 7) is -1.12. The highest BCUT2D eigenvalue weighted by Gasteiger charge is 2.33. The molecule has 1 fully saturated rings. The zero-order valence-corrected chi connectivity index (χ0v) is 13.8. The predicted molar refractivity (Wildman–Crippen MR) is 90.7 cm³/mol. The third-order valence-corrected chi connectivity index (χ3v) is 6.47. The molecule has 0 aromatic heterocycles. The van der Waals surface area contributed by atoms with Crippen molar-refractivity contribution in [3.8, 4) is 5.75 Å². The van der Waals surface area contributed by atoms with Gasteiger partial charge in [0.1, 0.15) is 5.75 Å². The highest BCUT2D eigenvalue weighted by atomic mass is 35.5. The van der Waals surface area contributed by atoms with Crippen LogP contribution in [0.2, 0.25) is 5.02 Å². The summed E-state index contributed by atoms with van der Waals surface area (Å²) in [6.07, 6.45) is 0.937. The van der Waals surface area contributed by atoms with Gasteiger partial charge in [0.25, 0.3) is 0 Å². The lowest BCUT2D eigenvalue weighted by Gasteiger charge is -2.38. The summed E-state index contributed by atoms with van der Waals surface area (Å²) in [5, 5.41) is 0.623. The van der Waals surface area contributed by atoms with E-state index in [0.717, 1.165) is 18.7 Å². The molecule has 1 saturated heterocycles. The molecule has 21 heavy (non-hydrogen) atoms. The smallest absolute Gasteiger partial charge is 0.342 e. The molecule has 3 rings (SSSR count). The first kappa shape index (κ1) is 14.9. The minimum atomic E-state index is -2.58. The van der Waals surface area contributed by atoms with E-state index >= 15 is 0 Å². The summed E-state index contributed by atoms with van der Waals surface area (Å²) in [4.78, 5) is 0. The molecule has 0 bridgehead atoms. The highest BCUT2D eigenvalue weighted by Crippen LogP contribution is 2.56. The van der Waals surface area contributed by atoms with Crippen LogP contribution in [0.15, 0.2) is 54.6 Å². The first-order chi connectivity index (χ1) is 10.2. The van der Waals surface area contributed by atoms with E-state index in [-0.39, 0.29) is 0 Å². The summed E-state index contributed by atoms with van der Waals surface area (Å²) < 4.78 is 14.0. The molecule has 3 nitrogen and oxygen atoms in total. The Kier molecular flexibility index (Phi) is 4.51. The Morgan fingerprint density at radius 1 is 1.14 bits per heavy atom. The van der Waals surface area contributed by atoms with Crippen molar-refractivity contribution in [1.29, 1.82) is 0 Å². The number of nitrogens with zero attached hydrogens (tertiary/aromatic N) is 1. The van der Waals surface area contributed by atoms with Crippen molar-refractivity contribution in [3.05, 3.63) is 59.6 Å². The first-order valence-electron chi connectivity index (χ1n) is 6.70. The van der Waals surface area contributed by atoms with E-state index in [1.807, 2.05) is 42.5 Å². The van der Waals surface area contributed by atoms with Crippen molar-refractivity contribution in [2.24, 2.45) is 0 Å². The minimum Gasteiger partial charge on any atom is -0.429 e. The van der Waals surface area contributed by atoms with Gasteiger partial charge in [-0.3, -0.25) is 4.67 Å². The third-order valence-electron chi connectivity index (χ3n) is 3.14. The van der Waals surface area contributed by atoms with Gasteiger partial charge in [-0.25, -0.2) is 0 Å². The number of benzene rings is 2. The van der Waals surface area contributed by atoms with Crippen LogP contribution in [0, 0.1) is 0 Å². The van der Waals surface area contributed by atoms with Crippen LogP contribution in [0.4, 0.5) is 5.69 Å². The number of anilines is 1. The molecule has 0 saturated carbocycles. The normalized spacial score (nSPS) is 22.0. The Morgan fingerprint density at radius 3 is 2.71 bits per heavy atom. The van der Waals surface area contributed by atoms with Gasteiger partial charge >= 0.3 is 6.64 Å². The second kappa shape index (κ2) is 6.37.